The highest BCUT2D eigenvalue weighted by molar-refractivity contribution is 7.10. The van der Waals surface area contributed by atoms with Crippen LogP contribution in [0.4, 0.5) is 5.69 Å². The molecule has 0 aliphatic rings. The van der Waals surface area contributed by atoms with E-state index in [0.717, 1.165) is 0 Å². The molecule has 0 aliphatic heterocycles. The Kier molecular flexibility index (Phi) is 4.30. The summed E-state index contributed by atoms with van der Waals surface area (Å²) in [5.74, 6) is 1.99. The molecule has 106 valence electrons. The van der Waals surface area contributed by atoms with Crippen LogP contribution in [0.5, 0.6) is 0 Å². The Hall–Kier alpha value is -2.72. The van der Waals surface area contributed by atoms with Gasteiger partial charge in [0, 0.05) is 17.5 Å². The van der Waals surface area contributed by atoms with Crippen molar-refractivity contribution < 1.29 is 9.72 Å². The van der Waals surface area contributed by atoms with Crippen LogP contribution in [0.25, 0.3) is 0 Å². The minimum absolute atomic E-state index is 0.0168. The van der Waals surface area contributed by atoms with Crippen molar-refractivity contribution in [2.45, 2.75) is 13.0 Å². The molecular weight excluding hydrogens is 290 g/mol. The first kappa shape index (κ1) is 14.7. The van der Waals surface area contributed by atoms with Gasteiger partial charge in [-0.05, 0) is 18.4 Å². The normalized spacial score (nSPS) is 11.4. The molecule has 7 heteroatoms. The summed E-state index contributed by atoms with van der Waals surface area (Å²) in [5, 5.41) is 15.5. The fraction of sp³-hybridized carbons (Fsp3) is 0.143. The van der Waals surface area contributed by atoms with Crippen molar-refractivity contribution >= 4 is 22.9 Å². The lowest BCUT2D eigenvalue weighted by Crippen LogP contribution is -2.26. The molecule has 1 heterocycles. The van der Waals surface area contributed by atoms with Gasteiger partial charge in [-0.15, -0.1) is 17.8 Å². The number of nitro groups is 1. The molecule has 0 spiro atoms. The molecule has 0 bridgehead atoms. The molecule has 0 fully saturated rings. The number of amides is 1. The average molecular weight is 301 g/mol. The van der Waals surface area contributed by atoms with Crippen LogP contribution in [0, 0.1) is 22.5 Å². The molecule has 0 radical (unpaired) electrons. The minimum Gasteiger partial charge on any atom is -0.344 e. The van der Waals surface area contributed by atoms with Crippen LogP contribution in [0.1, 0.15) is 34.0 Å². The largest absolute Gasteiger partial charge is 0.344 e. The third-order valence-corrected chi connectivity index (χ3v) is 3.56. The van der Waals surface area contributed by atoms with E-state index in [1.54, 1.807) is 24.4 Å². The molecule has 21 heavy (non-hydrogen) atoms. The topological polar surface area (TPSA) is 85.1 Å². The van der Waals surface area contributed by atoms with Crippen molar-refractivity contribution in [1.82, 2.24) is 10.3 Å². The molecule has 0 aliphatic carbocycles. The summed E-state index contributed by atoms with van der Waals surface area (Å²) >= 11 is 1.21. The van der Waals surface area contributed by atoms with Gasteiger partial charge in [-0.1, -0.05) is 12.1 Å². The number of nitrogens with zero attached hydrogens (tertiary/aromatic N) is 2. The van der Waals surface area contributed by atoms with E-state index in [1.807, 2.05) is 0 Å². The Morgan fingerprint density at radius 1 is 1.57 bits per heavy atom. The first-order chi connectivity index (χ1) is 10.0. The van der Waals surface area contributed by atoms with E-state index in [2.05, 4.69) is 16.2 Å². The van der Waals surface area contributed by atoms with E-state index in [4.69, 9.17) is 6.42 Å². The maximum absolute atomic E-state index is 12.0. The fourth-order valence-corrected chi connectivity index (χ4v) is 2.31. The molecular formula is C14H11N3O3S. The van der Waals surface area contributed by atoms with E-state index in [9.17, 15) is 14.9 Å². The Balaban J connectivity index is 2.12. The number of non-ortho nitro benzene ring substituents is 1. The number of nitrogens with one attached hydrogen (secondary N) is 1. The number of hydrogen-bond acceptors (Lipinski definition) is 5. The molecule has 1 N–H and O–H groups in total. The Morgan fingerprint density at radius 3 is 2.95 bits per heavy atom. The Morgan fingerprint density at radius 2 is 2.33 bits per heavy atom. The molecule has 1 aromatic carbocycles. The lowest BCUT2D eigenvalue weighted by atomic mass is 10.1. The van der Waals surface area contributed by atoms with E-state index < -0.39 is 4.92 Å². The lowest BCUT2D eigenvalue weighted by molar-refractivity contribution is -0.384. The van der Waals surface area contributed by atoms with Crippen LogP contribution in [-0.2, 0) is 0 Å². The molecule has 1 aromatic heterocycles. The smallest absolute Gasteiger partial charge is 0.271 e. The fourth-order valence-electron chi connectivity index (χ4n) is 1.71. The second kappa shape index (κ2) is 6.15. The first-order valence-corrected chi connectivity index (χ1v) is 6.86. The number of benzene rings is 1. The van der Waals surface area contributed by atoms with Gasteiger partial charge in [-0.2, -0.15) is 0 Å². The van der Waals surface area contributed by atoms with Crippen molar-refractivity contribution in [1.29, 1.82) is 0 Å². The molecule has 2 rings (SSSR count). The van der Waals surface area contributed by atoms with E-state index in [1.165, 1.54) is 23.5 Å². The third kappa shape index (κ3) is 3.43. The average Bonchev–Trinajstić information content (AvgIpc) is 2.96. The summed E-state index contributed by atoms with van der Waals surface area (Å²) < 4.78 is 0. The lowest BCUT2D eigenvalue weighted by Gasteiger charge is -2.13. The van der Waals surface area contributed by atoms with Crippen LogP contribution in [0.2, 0.25) is 0 Å². The van der Waals surface area contributed by atoms with Crippen molar-refractivity contribution in [3.63, 3.8) is 0 Å². The highest BCUT2D eigenvalue weighted by atomic mass is 32.1. The zero-order chi connectivity index (χ0) is 15.4. The maximum Gasteiger partial charge on any atom is 0.271 e. The summed E-state index contributed by atoms with van der Waals surface area (Å²) in [6.07, 6.45) is 5.20. The predicted molar refractivity (Wildman–Crippen MR) is 79.0 cm³/mol. The number of carbonyl (C=O) groups is 1. The monoisotopic (exact) mass is 301 g/mol. The van der Waals surface area contributed by atoms with E-state index in [0.29, 0.717) is 10.6 Å². The van der Waals surface area contributed by atoms with Gasteiger partial charge in [0.1, 0.15) is 5.69 Å². The van der Waals surface area contributed by atoms with E-state index >= 15 is 0 Å². The molecule has 6 nitrogen and oxygen atoms in total. The molecule has 0 saturated carbocycles. The van der Waals surface area contributed by atoms with Crippen molar-refractivity contribution in [3.05, 3.63) is 56.0 Å². The molecule has 2 aromatic rings. The van der Waals surface area contributed by atoms with Crippen molar-refractivity contribution in [2.75, 3.05) is 0 Å². The van der Waals surface area contributed by atoms with Gasteiger partial charge in [0.15, 0.2) is 5.01 Å². The van der Waals surface area contributed by atoms with Crippen LogP contribution < -0.4 is 5.32 Å². The highest BCUT2D eigenvalue weighted by Gasteiger charge is 2.16. The second-order valence-electron chi connectivity index (χ2n) is 4.23. The SMILES string of the molecule is C#Cc1nc(C(=O)NC(C)c2cccc([N+](=O)[O-])c2)cs1. The summed E-state index contributed by atoms with van der Waals surface area (Å²) in [4.78, 5) is 26.3. The Labute approximate surface area is 125 Å². The van der Waals surface area contributed by atoms with Crippen LogP contribution >= 0.6 is 11.3 Å². The summed E-state index contributed by atoms with van der Waals surface area (Å²) in [6.45, 7) is 1.74. The number of terminal acetylenes is 1. The standard InChI is InChI=1S/C14H11N3O3S/c1-3-13-16-12(8-21-13)14(18)15-9(2)10-5-4-6-11(7-10)17(19)20/h1,4-9H,2H3,(H,15,18). The summed E-state index contributed by atoms with van der Waals surface area (Å²) in [6, 6.07) is 5.74. The number of rotatable bonds is 4. The quantitative estimate of drug-likeness (QED) is 0.534. The molecule has 0 saturated heterocycles. The van der Waals surface area contributed by atoms with Gasteiger partial charge in [-0.25, -0.2) is 4.98 Å². The van der Waals surface area contributed by atoms with Crippen LogP contribution in [0.3, 0.4) is 0 Å². The molecule has 1 amide bonds. The van der Waals surface area contributed by atoms with E-state index in [-0.39, 0.29) is 23.3 Å². The number of thiazole rings is 1. The van der Waals surface area contributed by atoms with Crippen molar-refractivity contribution in [2.24, 2.45) is 0 Å². The van der Waals surface area contributed by atoms with Gasteiger partial charge in [0.05, 0.1) is 11.0 Å². The summed E-state index contributed by atoms with van der Waals surface area (Å²) in [5.41, 5.74) is 0.868. The molecule has 1 atom stereocenters. The first-order valence-electron chi connectivity index (χ1n) is 5.98. The number of nitro benzene ring substituents is 1. The zero-order valence-electron chi connectivity index (χ0n) is 11.1. The maximum atomic E-state index is 12.0. The molecule has 1 unspecified atom stereocenters. The van der Waals surface area contributed by atoms with Gasteiger partial charge >= 0.3 is 0 Å². The summed E-state index contributed by atoms with van der Waals surface area (Å²) in [7, 11) is 0. The van der Waals surface area contributed by atoms with Crippen molar-refractivity contribution in [3.8, 4) is 12.3 Å². The van der Waals surface area contributed by atoms with Gasteiger partial charge < -0.3 is 5.32 Å². The zero-order valence-corrected chi connectivity index (χ0v) is 11.9. The van der Waals surface area contributed by atoms with Gasteiger partial charge in [0.2, 0.25) is 0 Å². The second-order valence-corrected chi connectivity index (χ2v) is 5.09. The third-order valence-electron chi connectivity index (χ3n) is 2.79. The predicted octanol–water partition coefficient (Wildman–Crippen LogP) is 2.52. The Bertz CT molecular complexity index is 733. The van der Waals surface area contributed by atoms with Crippen LogP contribution in [0.15, 0.2) is 29.6 Å². The number of aromatic nitrogens is 1. The van der Waals surface area contributed by atoms with Gasteiger partial charge in [0.25, 0.3) is 11.6 Å². The number of hydrogen-bond donors (Lipinski definition) is 1. The van der Waals surface area contributed by atoms with Crippen LogP contribution in [-0.4, -0.2) is 15.8 Å². The number of carbonyl (C=O) groups excluding carboxylic acids is 1. The van der Waals surface area contributed by atoms with Gasteiger partial charge in [-0.3, -0.25) is 14.9 Å². The minimum atomic E-state index is -0.475. The highest BCUT2D eigenvalue weighted by Crippen LogP contribution is 2.19.